The average Bonchev–Trinajstić information content (AvgIpc) is 3.00. The second-order valence-electron chi connectivity index (χ2n) is 4.38. The van der Waals surface area contributed by atoms with Crippen molar-refractivity contribution in [2.24, 2.45) is 0 Å². The molecule has 90 valence electrons. The Morgan fingerprint density at radius 2 is 1.68 bits per heavy atom. The minimum Gasteiger partial charge on any atom is -0.252 e. The third kappa shape index (κ3) is 1.63. The van der Waals surface area contributed by atoms with Gasteiger partial charge in [-0.25, -0.2) is 0 Å². The van der Waals surface area contributed by atoms with E-state index in [2.05, 4.69) is 51.7 Å². The van der Waals surface area contributed by atoms with Gasteiger partial charge in [0.15, 0.2) is 0 Å². The smallest absolute Gasteiger partial charge is 0.0979 e. The number of hydrogen-bond donors (Lipinski definition) is 0. The summed E-state index contributed by atoms with van der Waals surface area (Å²) < 4.78 is 0. The van der Waals surface area contributed by atoms with Crippen LogP contribution in [0.25, 0.3) is 32.2 Å². The standard InChI is InChI=1S/C16H10N2S/c1-2-5-12-11(4-1)10-13(14-6-3-9-19-14)16-15(12)17-7-8-18-16/h1-10H. The third-order valence-electron chi connectivity index (χ3n) is 3.26. The second kappa shape index (κ2) is 4.14. The van der Waals surface area contributed by atoms with E-state index in [0.717, 1.165) is 22.0 Å². The van der Waals surface area contributed by atoms with Crippen LogP contribution in [0.3, 0.4) is 0 Å². The van der Waals surface area contributed by atoms with Crippen LogP contribution in [-0.4, -0.2) is 9.97 Å². The van der Waals surface area contributed by atoms with Crippen molar-refractivity contribution in [1.82, 2.24) is 9.97 Å². The highest BCUT2D eigenvalue weighted by atomic mass is 32.1. The molecule has 0 saturated heterocycles. The molecule has 2 nitrogen and oxygen atoms in total. The van der Waals surface area contributed by atoms with Crippen LogP contribution in [-0.2, 0) is 0 Å². The summed E-state index contributed by atoms with van der Waals surface area (Å²) in [6, 6.07) is 14.7. The van der Waals surface area contributed by atoms with Gasteiger partial charge in [-0.1, -0.05) is 30.3 Å². The molecule has 0 saturated carbocycles. The summed E-state index contributed by atoms with van der Waals surface area (Å²) in [5, 5.41) is 4.46. The largest absolute Gasteiger partial charge is 0.252 e. The highest BCUT2D eigenvalue weighted by Gasteiger charge is 2.10. The van der Waals surface area contributed by atoms with Crippen molar-refractivity contribution in [2.75, 3.05) is 0 Å². The Morgan fingerprint density at radius 3 is 2.53 bits per heavy atom. The van der Waals surface area contributed by atoms with Gasteiger partial charge in [0.25, 0.3) is 0 Å². The third-order valence-corrected chi connectivity index (χ3v) is 4.16. The van der Waals surface area contributed by atoms with Gasteiger partial charge in [-0.05, 0) is 22.9 Å². The van der Waals surface area contributed by atoms with Gasteiger partial charge < -0.3 is 0 Å². The Balaban J connectivity index is 2.22. The Hall–Kier alpha value is -2.26. The summed E-state index contributed by atoms with van der Waals surface area (Å²) in [6.45, 7) is 0. The number of nitrogens with zero attached hydrogens (tertiary/aromatic N) is 2. The molecular formula is C16H10N2S. The van der Waals surface area contributed by atoms with Crippen LogP contribution in [0.1, 0.15) is 0 Å². The molecule has 2 aromatic carbocycles. The van der Waals surface area contributed by atoms with Crippen LogP contribution in [0.5, 0.6) is 0 Å². The maximum Gasteiger partial charge on any atom is 0.0979 e. The highest BCUT2D eigenvalue weighted by molar-refractivity contribution is 7.13. The van der Waals surface area contributed by atoms with Crippen LogP contribution in [0.4, 0.5) is 0 Å². The van der Waals surface area contributed by atoms with Crippen molar-refractivity contribution >= 4 is 33.1 Å². The first-order valence-corrected chi connectivity index (χ1v) is 6.98. The summed E-state index contributed by atoms with van der Waals surface area (Å²) in [6.07, 6.45) is 3.52. The van der Waals surface area contributed by atoms with Gasteiger partial charge in [-0.3, -0.25) is 9.97 Å². The van der Waals surface area contributed by atoms with Gasteiger partial charge in [0.2, 0.25) is 0 Å². The maximum atomic E-state index is 4.53. The van der Waals surface area contributed by atoms with E-state index in [-0.39, 0.29) is 0 Å². The zero-order valence-corrected chi connectivity index (χ0v) is 10.9. The molecule has 3 heteroatoms. The Kier molecular flexibility index (Phi) is 2.32. The van der Waals surface area contributed by atoms with E-state index in [0.29, 0.717) is 0 Å². The van der Waals surface area contributed by atoms with Gasteiger partial charge >= 0.3 is 0 Å². The van der Waals surface area contributed by atoms with Crippen molar-refractivity contribution in [3.8, 4) is 10.4 Å². The SMILES string of the molecule is c1csc(-c2cc3ccccc3c3nccnc23)c1. The number of thiophene rings is 1. The number of benzene rings is 2. The molecule has 0 bridgehead atoms. The molecule has 0 spiro atoms. The lowest BCUT2D eigenvalue weighted by molar-refractivity contribution is 1.30. The molecular weight excluding hydrogens is 252 g/mol. The fourth-order valence-corrected chi connectivity index (χ4v) is 3.16. The second-order valence-corrected chi connectivity index (χ2v) is 5.32. The molecule has 0 radical (unpaired) electrons. The quantitative estimate of drug-likeness (QED) is 0.472. The van der Waals surface area contributed by atoms with Crippen molar-refractivity contribution in [3.05, 3.63) is 60.2 Å². The first-order chi connectivity index (χ1) is 9.43. The fraction of sp³-hybridized carbons (Fsp3) is 0. The van der Waals surface area contributed by atoms with Crippen LogP contribution in [0.15, 0.2) is 60.2 Å². The summed E-state index contributed by atoms with van der Waals surface area (Å²) in [7, 11) is 0. The van der Waals surface area contributed by atoms with Crippen molar-refractivity contribution in [1.29, 1.82) is 0 Å². The molecule has 0 fully saturated rings. The lowest BCUT2D eigenvalue weighted by Crippen LogP contribution is -1.88. The molecule has 0 atom stereocenters. The van der Waals surface area contributed by atoms with Gasteiger partial charge in [0, 0.05) is 28.2 Å². The van der Waals surface area contributed by atoms with E-state index in [1.54, 1.807) is 23.7 Å². The molecule has 0 aliphatic heterocycles. The van der Waals surface area contributed by atoms with E-state index in [1.807, 2.05) is 6.07 Å². The predicted octanol–water partition coefficient (Wildman–Crippen LogP) is 4.51. The summed E-state index contributed by atoms with van der Waals surface area (Å²) >= 11 is 1.73. The van der Waals surface area contributed by atoms with Gasteiger partial charge in [0.05, 0.1) is 11.0 Å². The number of hydrogen-bond acceptors (Lipinski definition) is 3. The summed E-state index contributed by atoms with van der Waals surface area (Å²) in [4.78, 5) is 10.3. The van der Waals surface area contributed by atoms with E-state index >= 15 is 0 Å². The van der Waals surface area contributed by atoms with E-state index in [9.17, 15) is 0 Å². The molecule has 0 amide bonds. The molecule has 0 unspecified atom stereocenters. The topological polar surface area (TPSA) is 25.8 Å². The Labute approximate surface area is 114 Å². The normalized spacial score (nSPS) is 11.2. The Morgan fingerprint density at radius 1 is 0.842 bits per heavy atom. The first-order valence-electron chi connectivity index (χ1n) is 6.10. The summed E-state index contributed by atoms with van der Waals surface area (Å²) in [5.41, 5.74) is 3.12. The fourth-order valence-electron chi connectivity index (χ4n) is 2.41. The van der Waals surface area contributed by atoms with E-state index < -0.39 is 0 Å². The van der Waals surface area contributed by atoms with Gasteiger partial charge in [-0.15, -0.1) is 11.3 Å². The predicted molar refractivity (Wildman–Crippen MR) is 80.4 cm³/mol. The molecule has 19 heavy (non-hydrogen) atoms. The molecule has 4 aromatic rings. The van der Waals surface area contributed by atoms with E-state index in [1.165, 1.54) is 10.3 Å². The highest BCUT2D eigenvalue weighted by Crippen LogP contribution is 2.34. The molecule has 0 aliphatic rings. The number of aromatic nitrogens is 2. The minimum absolute atomic E-state index is 0.976. The monoisotopic (exact) mass is 262 g/mol. The lowest BCUT2D eigenvalue weighted by Gasteiger charge is -2.07. The molecule has 0 aliphatic carbocycles. The zero-order valence-electron chi connectivity index (χ0n) is 10.1. The van der Waals surface area contributed by atoms with Crippen LogP contribution in [0.2, 0.25) is 0 Å². The Bertz CT molecular complexity index is 866. The van der Waals surface area contributed by atoms with Crippen molar-refractivity contribution < 1.29 is 0 Å². The number of fused-ring (bicyclic) bond motifs is 3. The molecule has 0 N–H and O–H groups in total. The lowest BCUT2D eigenvalue weighted by atomic mass is 10.0. The van der Waals surface area contributed by atoms with Crippen molar-refractivity contribution in [3.63, 3.8) is 0 Å². The molecule has 2 aromatic heterocycles. The maximum absolute atomic E-state index is 4.53. The van der Waals surface area contributed by atoms with Crippen LogP contribution in [0, 0.1) is 0 Å². The molecule has 2 heterocycles. The van der Waals surface area contributed by atoms with Crippen molar-refractivity contribution in [2.45, 2.75) is 0 Å². The minimum atomic E-state index is 0.976. The van der Waals surface area contributed by atoms with Crippen LogP contribution >= 0.6 is 11.3 Å². The number of rotatable bonds is 1. The first kappa shape index (κ1) is 10.6. The molecule has 4 rings (SSSR count). The zero-order chi connectivity index (χ0) is 12.7. The van der Waals surface area contributed by atoms with Crippen LogP contribution < -0.4 is 0 Å². The summed E-state index contributed by atoms with van der Waals surface area (Å²) in [5.74, 6) is 0. The van der Waals surface area contributed by atoms with E-state index in [4.69, 9.17) is 0 Å². The average molecular weight is 262 g/mol. The van der Waals surface area contributed by atoms with Gasteiger partial charge in [0.1, 0.15) is 0 Å². The van der Waals surface area contributed by atoms with Gasteiger partial charge in [-0.2, -0.15) is 0 Å².